The number of amides is 1. The van der Waals surface area contributed by atoms with Crippen molar-refractivity contribution in [1.82, 2.24) is 15.6 Å². The van der Waals surface area contributed by atoms with Gasteiger partial charge in [0.05, 0.1) is 5.69 Å². The summed E-state index contributed by atoms with van der Waals surface area (Å²) in [5.74, 6) is -0.150. The third-order valence-corrected chi connectivity index (χ3v) is 5.36. The van der Waals surface area contributed by atoms with E-state index < -0.39 is 0 Å². The molecule has 2 aromatic heterocycles. The average molecular weight is 304 g/mol. The maximum absolute atomic E-state index is 11.8. The molecule has 0 aliphatic carbocycles. The number of anilines is 1. The summed E-state index contributed by atoms with van der Waals surface area (Å²) >= 11 is 1.36. The van der Waals surface area contributed by atoms with E-state index in [2.05, 4.69) is 17.6 Å². The van der Waals surface area contributed by atoms with Crippen LogP contribution in [0, 0.1) is 0 Å². The summed E-state index contributed by atoms with van der Waals surface area (Å²) < 4.78 is 0. The summed E-state index contributed by atoms with van der Waals surface area (Å²) in [7, 11) is 1.61. The first-order chi connectivity index (χ1) is 10.0. The fourth-order valence-electron chi connectivity index (χ4n) is 2.89. The number of nitrogens with two attached hydrogens (primary N) is 1. The molecular formula is C15H20N4OS. The molecule has 21 heavy (non-hydrogen) atoms. The number of pyridine rings is 1. The number of carbonyl (C=O) groups excluding carboxylic acids is 1. The molecule has 6 heteroatoms. The lowest BCUT2D eigenvalue weighted by Crippen LogP contribution is -2.41. The van der Waals surface area contributed by atoms with Gasteiger partial charge < -0.3 is 16.4 Å². The number of nitrogens with zero attached hydrogens (tertiary/aromatic N) is 1. The molecule has 0 saturated carbocycles. The summed E-state index contributed by atoms with van der Waals surface area (Å²) in [5, 5.41) is 6.93. The van der Waals surface area contributed by atoms with Crippen molar-refractivity contribution in [2.24, 2.45) is 0 Å². The van der Waals surface area contributed by atoms with E-state index in [1.54, 1.807) is 7.05 Å². The van der Waals surface area contributed by atoms with Gasteiger partial charge in [-0.05, 0) is 31.5 Å². The quantitative estimate of drug-likeness (QED) is 0.791. The highest BCUT2D eigenvalue weighted by molar-refractivity contribution is 7.21. The van der Waals surface area contributed by atoms with Crippen LogP contribution in [0.3, 0.4) is 0 Å². The number of aromatic nitrogens is 1. The van der Waals surface area contributed by atoms with Gasteiger partial charge in [0.15, 0.2) is 0 Å². The normalized spacial score (nSPS) is 22.4. The van der Waals surface area contributed by atoms with E-state index in [9.17, 15) is 4.79 Å². The molecule has 1 saturated heterocycles. The van der Waals surface area contributed by atoms with Gasteiger partial charge in [0.25, 0.3) is 5.91 Å². The lowest BCUT2D eigenvalue weighted by atomic mass is 9.79. The van der Waals surface area contributed by atoms with Crippen LogP contribution in [0.25, 0.3) is 10.2 Å². The molecule has 112 valence electrons. The van der Waals surface area contributed by atoms with Gasteiger partial charge in [-0.15, -0.1) is 11.3 Å². The van der Waals surface area contributed by atoms with Crippen molar-refractivity contribution in [3.63, 3.8) is 0 Å². The monoisotopic (exact) mass is 304 g/mol. The second kappa shape index (κ2) is 5.27. The Morgan fingerprint density at radius 3 is 3.00 bits per heavy atom. The van der Waals surface area contributed by atoms with Crippen molar-refractivity contribution in [2.75, 3.05) is 25.9 Å². The highest BCUT2D eigenvalue weighted by Gasteiger charge is 2.30. The zero-order chi connectivity index (χ0) is 15.0. The molecule has 1 amide bonds. The van der Waals surface area contributed by atoms with Gasteiger partial charge in [-0.2, -0.15) is 0 Å². The number of nitrogen functional groups attached to an aromatic ring is 1. The Labute approximate surface area is 127 Å². The Morgan fingerprint density at radius 2 is 2.33 bits per heavy atom. The Bertz CT molecular complexity index is 688. The number of hydrogen-bond acceptors (Lipinski definition) is 5. The molecule has 1 aliphatic heterocycles. The topological polar surface area (TPSA) is 80.0 Å². The minimum Gasteiger partial charge on any atom is -0.397 e. The summed E-state index contributed by atoms with van der Waals surface area (Å²) in [6.45, 7) is 4.25. The molecule has 1 atom stereocenters. The van der Waals surface area contributed by atoms with Crippen LogP contribution in [0.1, 0.15) is 35.1 Å². The first-order valence-electron chi connectivity index (χ1n) is 7.17. The third kappa shape index (κ3) is 2.38. The fraction of sp³-hybridized carbons (Fsp3) is 0.467. The highest BCUT2D eigenvalue weighted by Crippen LogP contribution is 2.36. The molecule has 1 aliphatic rings. The number of rotatable bonds is 2. The average Bonchev–Trinajstić information content (AvgIpc) is 2.84. The maximum Gasteiger partial charge on any atom is 0.263 e. The van der Waals surface area contributed by atoms with Crippen LogP contribution < -0.4 is 16.4 Å². The molecule has 0 radical (unpaired) electrons. The number of piperidine rings is 1. The summed E-state index contributed by atoms with van der Waals surface area (Å²) in [4.78, 5) is 18.0. The van der Waals surface area contributed by atoms with E-state index in [4.69, 9.17) is 10.7 Å². The van der Waals surface area contributed by atoms with E-state index in [0.717, 1.165) is 41.8 Å². The van der Waals surface area contributed by atoms with Crippen LogP contribution in [0.5, 0.6) is 0 Å². The second-order valence-corrected chi connectivity index (χ2v) is 6.81. The summed E-state index contributed by atoms with van der Waals surface area (Å²) in [5.41, 5.74) is 7.73. The number of nitrogens with one attached hydrogen (secondary N) is 2. The molecule has 3 heterocycles. The Morgan fingerprint density at radius 1 is 1.52 bits per heavy atom. The fourth-order valence-corrected chi connectivity index (χ4v) is 3.93. The zero-order valence-electron chi connectivity index (χ0n) is 12.3. The van der Waals surface area contributed by atoms with E-state index in [-0.39, 0.29) is 11.3 Å². The molecule has 5 nitrogen and oxygen atoms in total. The van der Waals surface area contributed by atoms with E-state index >= 15 is 0 Å². The predicted octanol–water partition coefficient (Wildman–Crippen LogP) is 1.88. The smallest absolute Gasteiger partial charge is 0.263 e. The van der Waals surface area contributed by atoms with Crippen molar-refractivity contribution in [3.05, 3.63) is 22.7 Å². The van der Waals surface area contributed by atoms with Crippen LogP contribution >= 0.6 is 11.3 Å². The first-order valence-corrected chi connectivity index (χ1v) is 7.99. The van der Waals surface area contributed by atoms with Crippen molar-refractivity contribution in [3.8, 4) is 0 Å². The third-order valence-electron chi connectivity index (χ3n) is 4.24. The largest absolute Gasteiger partial charge is 0.397 e. The molecular weight excluding hydrogens is 284 g/mol. The Balaban J connectivity index is 2.06. The second-order valence-electron chi connectivity index (χ2n) is 5.81. The van der Waals surface area contributed by atoms with Gasteiger partial charge in [-0.25, -0.2) is 4.98 Å². The lowest BCUT2D eigenvalue weighted by Gasteiger charge is -2.33. The summed E-state index contributed by atoms with van der Waals surface area (Å²) in [6.07, 6.45) is 2.29. The van der Waals surface area contributed by atoms with Gasteiger partial charge >= 0.3 is 0 Å². The van der Waals surface area contributed by atoms with Crippen molar-refractivity contribution in [2.45, 2.75) is 25.2 Å². The van der Waals surface area contributed by atoms with Gasteiger partial charge in [0, 0.05) is 30.1 Å². The number of fused-ring (bicyclic) bond motifs is 1. The van der Waals surface area contributed by atoms with Crippen molar-refractivity contribution >= 4 is 33.1 Å². The van der Waals surface area contributed by atoms with Gasteiger partial charge in [0.1, 0.15) is 9.71 Å². The van der Waals surface area contributed by atoms with Crippen molar-refractivity contribution in [1.29, 1.82) is 0 Å². The lowest BCUT2D eigenvalue weighted by molar-refractivity contribution is 0.0968. The molecule has 0 unspecified atom stereocenters. The van der Waals surface area contributed by atoms with Crippen LogP contribution in [0.2, 0.25) is 0 Å². The number of thiophene rings is 1. The van der Waals surface area contributed by atoms with E-state index in [1.165, 1.54) is 11.3 Å². The molecule has 3 rings (SSSR count). The standard InChI is InChI=1S/C15H20N4OS/c1-15(6-3-7-18-8-15)10-5-4-9-11(16)12(13(20)17-2)21-14(9)19-10/h4-5,18H,3,6-8,16H2,1-2H3,(H,17,20)/t15-/m1/s1. The molecule has 2 aromatic rings. The molecule has 0 bridgehead atoms. The Hall–Kier alpha value is -1.66. The van der Waals surface area contributed by atoms with Gasteiger partial charge in [-0.1, -0.05) is 6.92 Å². The molecule has 1 fully saturated rings. The minimum atomic E-state index is -0.150. The molecule has 0 spiro atoms. The van der Waals surface area contributed by atoms with Crippen molar-refractivity contribution < 1.29 is 4.79 Å². The maximum atomic E-state index is 11.8. The van der Waals surface area contributed by atoms with Gasteiger partial charge in [-0.3, -0.25) is 4.79 Å². The minimum absolute atomic E-state index is 0.0539. The Kier molecular flexibility index (Phi) is 3.59. The SMILES string of the molecule is CNC(=O)c1sc2nc([C@]3(C)CCCNC3)ccc2c1N. The highest BCUT2D eigenvalue weighted by atomic mass is 32.1. The predicted molar refractivity (Wildman–Crippen MR) is 86.9 cm³/mol. The molecule has 4 N–H and O–H groups in total. The van der Waals surface area contributed by atoms with E-state index in [1.807, 2.05) is 12.1 Å². The molecule has 0 aromatic carbocycles. The van der Waals surface area contributed by atoms with Crippen LogP contribution in [0.4, 0.5) is 5.69 Å². The van der Waals surface area contributed by atoms with Crippen LogP contribution in [0.15, 0.2) is 12.1 Å². The van der Waals surface area contributed by atoms with E-state index in [0.29, 0.717) is 10.6 Å². The number of carbonyl (C=O) groups is 1. The van der Waals surface area contributed by atoms with Crippen LogP contribution in [-0.4, -0.2) is 31.0 Å². The number of hydrogen-bond donors (Lipinski definition) is 3. The van der Waals surface area contributed by atoms with Crippen LogP contribution in [-0.2, 0) is 5.41 Å². The summed E-state index contributed by atoms with van der Waals surface area (Å²) in [6, 6.07) is 4.04. The zero-order valence-corrected chi connectivity index (χ0v) is 13.1. The van der Waals surface area contributed by atoms with Gasteiger partial charge in [0.2, 0.25) is 0 Å². The first kappa shape index (κ1) is 14.3.